The molecule has 0 spiro atoms. The van der Waals surface area contributed by atoms with E-state index in [1.54, 1.807) is 6.92 Å². The molecule has 2 aromatic rings. The summed E-state index contributed by atoms with van der Waals surface area (Å²) >= 11 is 0. The van der Waals surface area contributed by atoms with Crippen LogP contribution in [0.5, 0.6) is 5.75 Å². The third-order valence-electron chi connectivity index (χ3n) is 6.05. The molecular weight excluding hydrogens is 528 g/mol. The van der Waals surface area contributed by atoms with Gasteiger partial charge in [0.05, 0.1) is 13.2 Å². The molecule has 0 unspecified atom stereocenters. The first-order chi connectivity index (χ1) is 18.6. The number of amides is 2. The number of halogens is 2. The van der Waals surface area contributed by atoms with Crippen LogP contribution in [0.2, 0.25) is 0 Å². The maximum atomic E-state index is 14.0. The van der Waals surface area contributed by atoms with Crippen molar-refractivity contribution in [3.8, 4) is 5.75 Å². The molecule has 1 fully saturated rings. The van der Waals surface area contributed by atoms with Crippen molar-refractivity contribution in [1.82, 2.24) is 14.8 Å². The number of aliphatic carboxylic acids is 1. The average molecular weight is 551 g/mol. The van der Waals surface area contributed by atoms with E-state index in [1.807, 2.05) is 0 Å². The minimum atomic E-state index is -1.43. The van der Waals surface area contributed by atoms with Crippen molar-refractivity contribution in [2.24, 2.45) is 0 Å². The van der Waals surface area contributed by atoms with E-state index in [1.165, 1.54) is 9.47 Å². The Kier molecular flexibility index (Phi) is 8.09. The molecule has 0 saturated carbocycles. The molecule has 208 valence electrons. The Balaban J connectivity index is 1.63. The summed E-state index contributed by atoms with van der Waals surface area (Å²) in [7, 11) is 0. The van der Waals surface area contributed by atoms with Gasteiger partial charge >= 0.3 is 12.1 Å². The van der Waals surface area contributed by atoms with Crippen LogP contribution in [0.3, 0.4) is 0 Å². The molecule has 1 saturated heterocycles. The summed E-state index contributed by atoms with van der Waals surface area (Å²) in [6, 6.07) is 2.55. The fraction of sp³-hybridized carbons (Fsp3) is 0.375. The number of hydrogen-bond donors (Lipinski definition) is 2. The van der Waals surface area contributed by atoms with Crippen LogP contribution >= 0.6 is 0 Å². The summed E-state index contributed by atoms with van der Waals surface area (Å²) in [6.07, 6.45) is -0.413. The highest BCUT2D eigenvalue weighted by Gasteiger charge is 2.41. The number of carbonyl (C=O) groups is 4. The van der Waals surface area contributed by atoms with Crippen molar-refractivity contribution in [2.45, 2.75) is 38.7 Å². The number of ether oxygens (including phenoxy) is 4. The maximum Gasteiger partial charge on any atom is 0.511 e. The summed E-state index contributed by atoms with van der Waals surface area (Å²) in [5.41, 5.74) is -1.77. The van der Waals surface area contributed by atoms with Crippen LogP contribution in [0, 0.1) is 11.6 Å². The number of carboxylic acids is 1. The van der Waals surface area contributed by atoms with Gasteiger partial charge in [-0.2, -0.15) is 0 Å². The minimum absolute atomic E-state index is 0.0381. The molecule has 0 bridgehead atoms. The number of rotatable bonds is 8. The Morgan fingerprint density at radius 3 is 2.69 bits per heavy atom. The Bertz CT molecular complexity index is 1380. The lowest BCUT2D eigenvalue weighted by Gasteiger charge is -2.44. The summed E-state index contributed by atoms with van der Waals surface area (Å²) in [5, 5.41) is 10.9. The highest BCUT2D eigenvalue weighted by Crippen LogP contribution is 2.30. The Morgan fingerprint density at radius 1 is 1.21 bits per heavy atom. The lowest BCUT2D eigenvalue weighted by atomic mass is 10.1. The molecule has 0 aliphatic carbocycles. The molecule has 1 aromatic carbocycles. The fourth-order valence-corrected chi connectivity index (χ4v) is 4.17. The second-order valence-electron chi connectivity index (χ2n) is 8.63. The van der Waals surface area contributed by atoms with E-state index in [2.05, 4.69) is 14.8 Å². The van der Waals surface area contributed by atoms with Crippen LogP contribution in [0.4, 0.5) is 13.6 Å². The van der Waals surface area contributed by atoms with Crippen LogP contribution in [-0.4, -0.2) is 70.8 Å². The lowest BCUT2D eigenvalue weighted by Crippen LogP contribution is -2.57. The molecule has 39 heavy (non-hydrogen) atoms. The molecule has 2 N–H and O–H groups in total. The molecule has 2 amide bonds. The lowest BCUT2D eigenvalue weighted by molar-refractivity contribution is -0.141. The normalized spacial score (nSPS) is 18.0. The monoisotopic (exact) mass is 551 g/mol. The average Bonchev–Trinajstić information content (AvgIpc) is 2.88. The fourth-order valence-electron chi connectivity index (χ4n) is 4.17. The van der Waals surface area contributed by atoms with Crippen LogP contribution in [0.25, 0.3) is 0 Å². The molecule has 13 nitrogen and oxygen atoms in total. The SMILES string of the molecule is C[C@@H]1CCO[C@H]2Cn3cc(C(=O)NCc4ccc(F)cc4F)c(=O)c(OCOC(=O)OCC(=O)O)c3C(=O)N12. The molecule has 1 aromatic heterocycles. The number of aromatic nitrogens is 1. The number of nitrogens with one attached hydrogen (secondary N) is 1. The number of fused-ring (bicyclic) bond motifs is 2. The zero-order valence-corrected chi connectivity index (χ0v) is 20.5. The Labute approximate surface area is 218 Å². The van der Waals surface area contributed by atoms with E-state index in [-0.39, 0.29) is 30.4 Å². The van der Waals surface area contributed by atoms with Gasteiger partial charge < -0.3 is 38.8 Å². The second kappa shape index (κ2) is 11.5. The summed E-state index contributed by atoms with van der Waals surface area (Å²) in [5.74, 6) is -5.31. The van der Waals surface area contributed by atoms with E-state index < -0.39 is 71.9 Å². The van der Waals surface area contributed by atoms with Gasteiger partial charge in [-0.3, -0.25) is 14.4 Å². The molecule has 2 aliphatic rings. The van der Waals surface area contributed by atoms with Gasteiger partial charge in [-0.1, -0.05) is 6.07 Å². The number of nitrogens with zero attached hydrogens (tertiary/aromatic N) is 2. The van der Waals surface area contributed by atoms with Gasteiger partial charge in [0.15, 0.2) is 18.5 Å². The van der Waals surface area contributed by atoms with E-state index in [0.29, 0.717) is 19.1 Å². The van der Waals surface area contributed by atoms with Crippen molar-refractivity contribution in [3.05, 3.63) is 63.1 Å². The van der Waals surface area contributed by atoms with Gasteiger partial charge in [0.1, 0.15) is 17.2 Å². The van der Waals surface area contributed by atoms with E-state index in [9.17, 15) is 32.8 Å². The largest absolute Gasteiger partial charge is 0.511 e. The number of hydrogen-bond acceptors (Lipinski definition) is 9. The number of benzene rings is 1. The van der Waals surface area contributed by atoms with Gasteiger partial charge in [0.2, 0.25) is 18.0 Å². The first-order valence-electron chi connectivity index (χ1n) is 11.6. The highest BCUT2D eigenvalue weighted by molar-refractivity contribution is 5.99. The summed E-state index contributed by atoms with van der Waals surface area (Å²) in [4.78, 5) is 63.2. The third-order valence-corrected chi connectivity index (χ3v) is 6.05. The van der Waals surface area contributed by atoms with Crippen molar-refractivity contribution >= 4 is 23.9 Å². The molecule has 3 heterocycles. The number of pyridine rings is 1. The van der Waals surface area contributed by atoms with Gasteiger partial charge in [0.25, 0.3) is 11.8 Å². The predicted octanol–water partition coefficient (Wildman–Crippen LogP) is 1.22. The minimum Gasteiger partial charge on any atom is -0.479 e. The first kappa shape index (κ1) is 27.5. The van der Waals surface area contributed by atoms with Gasteiger partial charge in [0, 0.05) is 30.4 Å². The molecule has 15 heteroatoms. The van der Waals surface area contributed by atoms with Gasteiger partial charge in [-0.25, -0.2) is 18.4 Å². The van der Waals surface area contributed by atoms with Gasteiger partial charge in [-0.15, -0.1) is 0 Å². The molecule has 4 rings (SSSR count). The number of carboxylic acid groups (broad SMARTS) is 1. The zero-order valence-electron chi connectivity index (χ0n) is 20.5. The van der Waals surface area contributed by atoms with Crippen molar-refractivity contribution < 1.29 is 52.0 Å². The number of carbonyl (C=O) groups excluding carboxylic acids is 3. The van der Waals surface area contributed by atoms with Crippen LogP contribution in [0.1, 0.15) is 39.8 Å². The predicted molar refractivity (Wildman–Crippen MR) is 124 cm³/mol. The molecule has 0 radical (unpaired) electrons. The maximum absolute atomic E-state index is 14.0. The topological polar surface area (TPSA) is 163 Å². The molecule has 2 atom stereocenters. The second-order valence-corrected chi connectivity index (χ2v) is 8.63. The highest BCUT2D eigenvalue weighted by atomic mass is 19.1. The van der Waals surface area contributed by atoms with Crippen LogP contribution in [0.15, 0.2) is 29.2 Å². The Hall–Kier alpha value is -4.53. The first-order valence-corrected chi connectivity index (χ1v) is 11.6. The van der Waals surface area contributed by atoms with Crippen LogP contribution in [-0.2, 0) is 32.1 Å². The van der Waals surface area contributed by atoms with Gasteiger partial charge in [-0.05, 0) is 19.4 Å². The summed E-state index contributed by atoms with van der Waals surface area (Å²) in [6.45, 7) is -0.0759. The van der Waals surface area contributed by atoms with Crippen molar-refractivity contribution in [1.29, 1.82) is 0 Å². The van der Waals surface area contributed by atoms with E-state index in [4.69, 9.17) is 14.6 Å². The summed E-state index contributed by atoms with van der Waals surface area (Å²) < 4.78 is 48.4. The van der Waals surface area contributed by atoms with Crippen molar-refractivity contribution in [2.75, 3.05) is 20.0 Å². The van der Waals surface area contributed by atoms with Crippen molar-refractivity contribution in [3.63, 3.8) is 0 Å². The molecule has 2 aliphatic heterocycles. The standard InChI is InChI=1S/C24H23F2N3O10/c1-12-4-5-36-17-9-28-8-15(22(33)27-7-13-2-3-14(25)6-16(13)26)20(32)21(19(28)23(34)29(12)17)38-11-39-24(35)37-10-18(30)31/h2-3,6,8,12,17H,4-5,7,9-11H2,1H3,(H,27,33)(H,30,31)/t12-,17+/m1/s1. The van der Waals surface area contributed by atoms with Crippen LogP contribution < -0.4 is 15.5 Å². The van der Waals surface area contributed by atoms with E-state index >= 15 is 0 Å². The molecular formula is C24H23F2N3O10. The van der Waals surface area contributed by atoms with E-state index in [0.717, 1.165) is 18.3 Å². The zero-order chi connectivity index (χ0) is 28.3. The quantitative estimate of drug-likeness (QED) is 0.360. The Morgan fingerprint density at radius 2 is 1.97 bits per heavy atom. The third kappa shape index (κ3) is 5.98. The smallest absolute Gasteiger partial charge is 0.479 e.